The third-order valence-electron chi connectivity index (χ3n) is 5.49. The van der Waals surface area contributed by atoms with E-state index in [4.69, 9.17) is 9.97 Å². The summed E-state index contributed by atoms with van der Waals surface area (Å²) in [6.45, 7) is 8.15. The Morgan fingerprint density at radius 2 is 2.14 bits per heavy atom. The first kappa shape index (κ1) is 21.3. The van der Waals surface area contributed by atoms with Crippen molar-refractivity contribution >= 4 is 11.7 Å². The van der Waals surface area contributed by atoms with Crippen LogP contribution in [0.5, 0.6) is 0 Å². The smallest absolute Gasteiger partial charge is 0.237 e. The molecule has 2 aromatic rings. The minimum absolute atomic E-state index is 0.144. The van der Waals surface area contributed by atoms with E-state index in [9.17, 15) is 4.79 Å². The Bertz CT molecular complexity index is 774. The molecule has 0 radical (unpaired) electrons. The van der Waals surface area contributed by atoms with Gasteiger partial charge < -0.3 is 10.2 Å². The maximum Gasteiger partial charge on any atom is 0.237 e. The molecule has 7 nitrogen and oxygen atoms in total. The van der Waals surface area contributed by atoms with Crippen molar-refractivity contribution in [1.29, 1.82) is 0 Å². The fourth-order valence-electron chi connectivity index (χ4n) is 3.78. The van der Waals surface area contributed by atoms with Gasteiger partial charge in [0.15, 0.2) is 0 Å². The Kier molecular flexibility index (Phi) is 7.61. The van der Waals surface area contributed by atoms with Gasteiger partial charge in [-0.15, -0.1) is 0 Å². The van der Waals surface area contributed by atoms with Crippen LogP contribution < -0.4 is 10.2 Å². The fourth-order valence-corrected chi connectivity index (χ4v) is 3.78. The summed E-state index contributed by atoms with van der Waals surface area (Å²) in [6, 6.07) is 2.27. The first-order valence-electron chi connectivity index (χ1n) is 11.0. The van der Waals surface area contributed by atoms with E-state index in [0.29, 0.717) is 18.3 Å². The maximum absolute atomic E-state index is 12.5. The Hall–Kier alpha value is -2.44. The molecule has 1 unspecified atom stereocenters. The lowest BCUT2D eigenvalue weighted by atomic mass is 9.98. The molecule has 29 heavy (non-hydrogen) atoms. The largest absolute Gasteiger partial charge is 0.356 e. The number of nitrogens with zero attached hydrogens (tertiary/aromatic N) is 5. The molecule has 1 saturated heterocycles. The highest BCUT2D eigenvalue weighted by atomic mass is 16.1. The molecule has 0 spiro atoms. The van der Waals surface area contributed by atoms with Crippen molar-refractivity contribution in [2.24, 2.45) is 0 Å². The molecule has 3 rings (SSSR count). The van der Waals surface area contributed by atoms with Gasteiger partial charge in [-0.25, -0.2) is 9.97 Å². The quantitative estimate of drug-likeness (QED) is 0.650. The molecule has 1 atom stereocenters. The zero-order valence-electron chi connectivity index (χ0n) is 18.0. The van der Waals surface area contributed by atoms with Crippen molar-refractivity contribution in [3.05, 3.63) is 30.5 Å². The highest BCUT2D eigenvalue weighted by molar-refractivity contribution is 5.77. The number of nitrogens with one attached hydrogen (secondary N) is 1. The first-order chi connectivity index (χ1) is 14.1. The second-order valence-corrected chi connectivity index (χ2v) is 8.18. The number of hydrogen-bond donors (Lipinski definition) is 1. The molecule has 158 valence electrons. The number of carbonyl (C=O) groups excluding carboxylic acids is 1. The molecule has 7 heteroatoms. The molecule has 1 aliphatic heterocycles. The van der Waals surface area contributed by atoms with Gasteiger partial charge in [0.1, 0.15) is 12.1 Å². The van der Waals surface area contributed by atoms with E-state index in [2.05, 4.69) is 42.0 Å². The standard InChI is InChI=1S/C22H34N6O/c1-4-5-7-10-24-21(29)14-18-9-6-8-12-28(18)20-15-19(17(2)3)25-22(26-20)27-13-11-23-16-27/h11,13,15-18H,4-10,12,14H2,1-3H3,(H,24,29). The highest BCUT2D eigenvalue weighted by Crippen LogP contribution is 2.28. The lowest BCUT2D eigenvalue weighted by Crippen LogP contribution is -2.43. The van der Waals surface area contributed by atoms with Crippen LogP contribution in [0.2, 0.25) is 0 Å². The predicted octanol–water partition coefficient (Wildman–Crippen LogP) is 3.84. The van der Waals surface area contributed by atoms with Crippen molar-refractivity contribution in [2.45, 2.75) is 77.7 Å². The van der Waals surface area contributed by atoms with Crippen LogP contribution in [0.4, 0.5) is 5.82 Å². The van der Waals surface area contributed by atoms with E-state index < -0.39 is 0 Å². The zero-order valence-corrected chi connectivity index (χ0v) is 18.0. The van der Waals surface area contributed by atoms with Crippen molar-refractivity contribution in [3.63, 3.8) is 0 Å². The number of imidazole rings is 1. The monoisotopic (exact) mass is 398 g/mol. The average molecular weight is 399 g/mol. The molecule has 1 fully saturated rings. The molecule has 0 aliphatic carbocycles. The average Bonchev–Trinajstić information content (AvgIpc) is 3.26. The molecule has 1 aliphatic rings. The van der Waals surface area contributed by atoms with Gasteiger partial charge in [0, 0.05) is 44.0 Å². The van der Waals surface area contributed by atoms with Crippen LogP contribution in [-0.4, -0.2) is 44.6 Å². The van der Waals surface area contributed by atoms with Crippen LogP contribution in [0.25, 0.3) is 5.95 Å². The van der Waals surface area contributed by atoms with Crippen molar-refractivity contribution in [2.75, 3.05) is 18.0 Å². The molecular formula is C22H34N6O. The van der Waals surface area contributed by atoms with Crippen LogP contribution in [0, 0.1) is 0 Å². The predicted molar refractivity (Wildman–Crippen MR) is 115 cm³/mol. The molecule has 3 heterocycles. The molecule has 0 bridgehead atoms. The van der Waals surface area contributed by atoms with Crippen LogP contribution in [0.15, 0.2) is 24.8 Å². The zero-order chi connectivity index (χ0) is 20.6. The molecule has 0 aromatic carbocycles. The Morgan fingerprint density at radius 3 is 2.86 bits per heavy atom. The minimum atomic E-state index is 0.144. The van der Waals surface area contributed by atoms with E-state index in [1.807, 2.05) is 10.8 Å². The number of anilines is 1. The van der Waals surface area contributed by atoms with Gasteiger partial charge in [0.25, 0.3) is 0 Å². The van der Waals surface area contributed by atoms with Gasteiger partial charge in [-0.2, -0.15) is 4.98 Å². The van der Waals surface area contributed by atoms with E-state index in [1.54, 1.807) is 12.5 Å². The Labute approximate surface area is 174 Å². The molecule has 1 amide bonds. The lowest BCUT2D eigenvalue weighted by molar-refractivity contribution is -0.121. The summed E-state index contributed by atoms with van der Waals surface area (Å²) >= 11 is 0. The number of carbonyl (C=O) groups is 1. The van der Waals surface area contributed by atoms with E-state index in [-0.39, 0.29) is 11.9 Å². The summed E-state index contributed by atoms with van der Waals surface area (Å²) in [6.07, 6.45) is 12.5. The normalized spacial score (nSPS) is 17.0. The Morgan fingerprint density at radius 1 is 1.28 bits per heavy atom. The lowest BCUT2D eigenvalue weighted by Gasteiger charge is -2.36. The summed E-state index contributed by atoms with van der Waals surface area (Å²) in [5.74, 6) is 1.99. The molecule has 1 N–H and O–H groups in total. The summed E-state index contributed by atoms with van der Waals surface area (Å²) in [7, 11) is 0. The van der Waals surface area contributed by atoms with Gasteiger partial charge in [0.2, 0.25) is 11.9 Å². The van der Waals surface area contributed by atoms with Crippen LogP contribution in [0.3, 0.4) is 0 Å². The molecule has 2 aromatic heterocycles. The number of amides is 1. The SMILES string of the molecule is CCCCCNC(=O)CC1CCCCN1c1cc(C(C)C)nc(-n2ccnc2)n1. The van der Waals surface area contributed by atoms with E-state index in [0.717, 1.165) is 63.1 Å². The topological polar surface area (TPSA) is 75.9 Å². The van der Waals surface area contributed by atoms with Crippen molar-refractivity contribution in [1.82, 2.24) is 24.8 Å². The maximum atomic E-state index is 12.5. The molecular weight excluding hydrogens is 364 g/mol. The van der Waals surface area contributed by atoms with Gasteiger partial charge in [-0.3, -0.25) is 9.36 Å². The third-order valence-corrected chi connectivity index (χ3v) is 5.49. The number of aromatic nitrogens is 4. The first-order valence-corrected chi connectivity index (χ1v) is 11.0. The number of piperidine rings is 1. The number of unbranched alkanes of at least 4 members (excludes halogenated alkanes) is 2. The van der Waals surface area contributed by atoms with E-state index >= 15 is 0 Å². The second-order valence-electron chi connectivity index (χ2n) is 8.18. The van der Waals surface area contributed by atoms with Gasteiger partial charge in [0.05, 0.1) is 5.69 Å². The highest BCUT2D eigenvalue weighted by Gasteiger charge is 2.27. The summed E-state index contributed by atoms with van der Waals surface area (Å²) in [4.78, 5) is 28.5. The van der Waals surface area contributed by atoms with Crippen molar-refractivity contribution < 1.29 is 4.79 Å². The van der Waals surface area contributed by atoms with Crippen LogP contribution >= 0.6 is 0 Å². The van der Waals surface area contributed by atoms with Crippen LogP contribution in [0.1, 0.15) is 77.3 Å². The fraction of sp³-hybridized carbons (Fsp3) is 0.636. The Balaban J connectivity index is 1.78. The van der Waals surface area contributed by atoms with Crippen molar-refractivity contribution in [3.8, 4) is 5.95 Å². The van der Waals surface area contributed by atoms with E-state index in [1.165, 1.54) is 0 Å². The number of rotatable bonds is 9. The summed E-state index contributed by atoms with van der Waals surface area (Å²) in [5, 5.41) is 3.09. The van der Waals surface area contributed by atoms with Crippen LogP contribution in [-0.2, 0) is 4.79 Å². The minimum Gasteiger partial charge on any atom is -0.356 e. The van der Waals surface area contributed by atoms with Gasteiger partial charge >= 0.3 is 0 Å². The summed E-state index contributed by atoms with van der Waals surface area (Å²) < 4.78 is 1.84. The van der Waals surface area contributed by atoms with Gasteiger partial charge in [-0.05, 0) is 31.6 Å². The third kappa shape index (κ3) is 5.78. The molecule has 0 saturated carbocycles. The number of hydrogen-bond acceptors (Lipinski definition) is 5. The second kappa shape index (κ2) is 10.4. The summed E-state index contributed by atoms with van der Waals surface area (Å²) in [5.41, 5.74) is 1.01. The van der Waals surface area contributed by atoms with Gasteiger partial charge in [-0.1, -0.05) is 33.6 Å².